The molecule has 0 radical (unpaired) electrons. The van der Waals surface area contributed by atoms with Crippen LogP contribution in [0.15, 0.2) is 0 Å². The van der Waals surface area contributed by atoms with Crippen LogP contribution in [0.5, 0.6) is 0 Å². The van der Waals surface area contributed by atoms with Crippen LogP contribution in [0.2, 0.25) is 0 Å². The molecule has 4 heteroatoms. The Morgan fingerprint density at radius 3 is 2.63 bits per heavy atom. The topological polar surface area (TPSA) is 44.4 Å². The molecule has 0 spiro atoms. The van der Waals surface area contributed by atoms with Gasteiger partial charge in [0.1, 0.15) is 0 Å². The van der Waals surface area contributed by atoms with E-state index in [1.807, 2.05) is 11.8 Å². The third-order valence-electron chi connectivity index (χ3n) is 4.37. The molecule has 0 aromatic rings. The van der Waals surface area contributed by atoms with E-state index < -0.39 is 0 Å². The van der Waals surface area contributed by atoms with Gasteiger partial charge in [-0.05, 0) is 58.9 Å². The van der Waals surface area contributed by atoms with Crippen molar-refractivity contribution in [1.82, 2.24) is 15.5 Å². The number of hydrogen-bond acceptors (Lipinski definition) is 3. The quantitative estimate of drug-likeness (QED) is 0.793. The molecular formula is C15H29N3O. The number of likely N-dealkylation sites (tertiary alicyclic amines) is 1. The summed E-state index contributed by atoms with van der Waals surface area (Å²) in [5.74, 6) is 0.283. The molecule has 1 amide bonds. The number of rotatable bonds is 5. The van der Waals surface area contributed by atoms with E-state index in [9.17, 15) is 4.79 Å². The lowest BCUT2D eigenvalue weighted by atomic mass is 10.1. The van der Waals surface area contributed by atoms with Gasteiger partial charge in [-0.3, -0.25) is 4.79 Å². The van der Waals surface area contributed by atoms with Gasteiger partial charge in [-0.25, -0.2) is 0 Å². The highest BCUT2D eigenvalue weighted by atomic mass is 16.2. The van der Waals surface area contributed by atoms with Gasteiger partial charge in [0, 0.05) is 25.2 Å². The van der Waals surface area contributed by atoms with Gasteiger partial charge in [0.2, 0.25) is 5.91 Å². The molecule has 4 nitrogen and oxygen atoms in total. The fraction of sp³-hybridized carbons (Fsp3) is 0.933. The fourth-order valence-electron chi connectivity index (χ4n) is 3.34. The predicted octanol–water partition coefficient (Wildman–Crippen LogP) is 1.51. The highest BCUT2D eigenvalue weighted by Gasteiger charge is 2.24. The van der Waals surface area contributed by atoms with Crippen molar-refractivity contribution in [3.05, 3.63) is 0 Å². The van der Waals surface area contributed by atoms with E-state index in [0.717, 1.165) is 26.1 Å². The molecule has 2 fully saturated rings. The van der Waals surface area contributed by atoms with Crippen molar-refractivity contribution in [2.24, 2.45) is 0 Å². The van der Waals surface area contributed by atoms with Crippen molar-refractivity contribution in [1.29, 1.82) is 0 Å². The number of carbonyl (C=O) groups is 1. The lowest BCUT2D eigenvalue weighted by Gasteiger charge is -2.31. The van der Waals surface area contributed by atoms with Gasteiger partial charge in [-0.2, -0.15) is 0 Å². The van der Waals surface area contributed by atoms with Crippen molar-refractivity contribution in [3.8, 4) is 0 Å². The van der Waals surface area contributed by atoms with E-state index in [1.54, 1.807) is 0 Å². The molecule has 3 unspecified atom stereocenters. The average Bonchev–Trinajstić information content (AvgIpc) is 2.91. The zero-order valence-corrected chi connectivity index (χ0v) is 12.5. The lowest BCUT2D eigenvalue weighted by molar-refractivity contribution is -0.134. The smallest absolute Gasteiger partial charge is 0.239 e. The maximum atomic E-state index is 12.3. The van der Waals surface area contributed by atoms with Gasteiger partial charge < -0.3 is 15.5 Å². The molecule has 0 aliphatic carbocycles. The summed E-state index contributed by atoms with van der Waals surface area (Å²) in [5, 5.41) is 6.99. The first-order valence-electron chi connectivity index (χ1n) is 7.95. The molecule has 3 atom stereocenters. The van der Waals surface area contributed by atoms with Crippen LogP contribution in [-0.4, -0.2) is 48.6 Å². The Hall–Kier alpha value is -0.610. The van der Waals surface area contributed by atoms with Crippen molar-refractivity contribution >= 4 is 5.91 Å². The van der Waals surface area contributed by atoms with Gasteiger partial charge in [0.25, 0.3) is 0 Å². The SMILES string of the molecule is CC(CC1CCCN1)NC(C)C(=O)N1CCCCC1. The molecule has 2 rings (SSSR count). The highest BCUT2D eigenvalue weighted by Crippen LogP contribution is 2.13. The van der Waals surface area contributed by atoms with Crippen LogP contribution in [0.4, 0.5) is 0 Å². The molecule has 2 heterocycles. The van der Waals surface area contributed by atoms with Crippen LogP contribution in [0.25, 0.3) is 0 Å². The Bertz CT molecular complexity index is 283. The first kappa shape index (κ1) is 14.8. The largest absolute Gasteiger partial charge is 0.341 e. The van der Waals surface area contributed by atoms with Crippen LogP contribution < -0.4 is 10.6 Å². The maximum Gasteiger partial charge on any atom is 0.239 e. The molecule has 0 aromatic heterocycles. The first-order valence-corrected chi connectivity index (χ1v) is 7.95. The molecule has 0 saturated carbocycles. The molecule has 2 saturated heterocycles. The summed E-state index contributed by atoms with van der Waals surface area (Å²) in [5.41, 5.74) is 0. The van der Waals surface area contributed by atoms with Crippen LogP contribution in [0, 0.1) is 0 Å². The molecular weight excluding hydrogens is 238 g/mol. The summed E-state index contributed by atoms with van der Waals surface area (Å²) >= 11 is 0. The molecule has 2 aliphatic rings. The van der Waals surface area contributed by atoms with Gasteiger partial charge in [-0.1, -0.05) is 0 Å². The van der Waals surface area contributed by atoms with Crippen molar-refractivity contribution < 1.29 is 4.79 Å². The summed E-state index contributed by atoms with van der Waals surface area (Å²) < 4.78 is 0. The number of nitrogens with zero attached hydrogens (tertiary/aromatic N) is 1. The normalized spacial score (nSPS) is 27.3. The number of amides is 1. The van der Waals surface area contributed by atoms with E-state index in [-0.39, 0.29) is 11.9 Å². The van der Waals surface area contributed by atoms with Crippen molar-refractivity contribution in [2.75, 3.05) is 19.6 Å². The molecule has 0 bridgehead atoms. The Morgan fingerprint density at radius 1 is 1.26 bits per heavy atom. The van der Waals surface area contributed by atoms with Gasteiger partial charge >= 0.3 is 0 Å². The van der Waals surface area contributed by atoms with Crippen molar-refractivity contribution in [3.63, 3.8) is 0 Å². The minimum Gasteiger partial charge on any atom is -0.341 e. The van der Waals surface area contributed by atoms with E-state index in [1.165, 1.54) is 32.1 Å². The standard InChI is InChI=1S/C15H29N3O/c1-12(11-14-7-6-8-16-14)17-13(2)15(19)18-9-4-3-5-10-18/h12-14,16-17H,3-11H2,1-2H3. The summed E-state index contributed by atoms with van der Waals surface area (Å²) in [6.45, 7) is 7.25. The van der Waals surface area contributed by atoms with E-state index in [4.69, 9.17) is 0 Å². The van der Waals surface area contributed by atoms with Crippen LogP contribution in [-0.2, 0) is 4.79 Å². The third-order valence-corrected chi connectivity index (χ3v) is 4.37. The molecule has 110 valence electrons. The van der Waals surface area contributed by atoms with Gasteiger partial charge in [0.15, 0.2) is 0 Å². The molecule has 2 N–H and O–H groups in total. The summed E-state index contributed by atoms with van der Waals surface area (Å²) in [6, 6.07) is 0.994. The van der Waals surface area contributed by atoms with Gasteiger partial charge in [0.05, 0.1) is 6.04 Å². The van der Waals surface area contributed by atoms with Crippen LogP contribution >= 0.6 is 0 Å². The first-order chi connectivity index (χ1) is 9.16. The Labute approximate surface area is 117 Å². The van der Waals surface area contributed by atoms with E-state index in [2.05, 4.69) is 17.6 Å². The van der Waals surface area contributed by atoms with E-state index >= 15 is 0 Å². The highest BCUT2D eigenvalue weighted by molar-refractivity contribution is 5.81. The third kappa shape index (κ3) is 4.46. The average molecular weight is 267 g/mol. The number of nitrogens with one attached hydrogen (secondary N) is 2. The van der Waals surface area contributed by atoms with Crippen LogP contribution in [0.3, 0.4) is 0 Å². The molecule has 2 aliphatic heterocycles. The monoisotopic (exact) mass is 267 g/mol. The Morgan fingerprint density at radius 2 is 2.00 bits per heavy atom. The zero-order chi connectivity index (χ0) is 13.7. The molecule has 19 heavy (non-hydrogen) atoms. The van der Waals surface area contributed by atoms with Gasteiger partial charge in [-0.15, -0.1) is 0 Å². The second-order valence-corrected chi connectivity index (χ2v) is 6.20. The molecule has 0 aromatic carbocycles. The van der Waals surface area contributed by atoms with E-state index in [0.29, 0.717) is 12.1 Å². The number of carbonyl (C=O) groups excluding carboxylic acids is 1. The fourth-order valence-corrected chi connectivity index (χ4v) is 3.34. The Balaban J connectivity index is 1.72. The summed E-state index contributed by atoms with van der Waals surface area (Å²) in [4.78, 5) is 14.3. The number of hydrogen-bond donors (Lipinski definition) is 2. The zero-order valence-electron chi connectivity index (χ0n) is 12.5. The second kappa shape index (κ2) is 7.25. The minimum absolute atomic E-state index is 0.0468. The number of piperidine rings is 1. The maximum absolute atomic E-state index is 12.3. The summed E-state index contributed by atoms with van der Waals surface area (Å²) in [6.07, 6.45) is 7.30. The summed E-state index contributed by atoms with van der Waals surface area (Å²) in [7, 11) is 0. The Kier molecular flexibility index (Phi) is 5.64. The van der Waals surface area contributed by atoms with Crippen molar-refractivity contribution in [2.45, 2.75) is 70.5 Å². The van der Waals surface area contributed by atoms with Crippen LogP contribution in [0.1, 0.15) is 52.4 Å². The lowest BCUT2D eigenvalue weighted by Crippen LogP contribution is -2.49. The minimum atomic E-state index is -0.0468. The second-order valence-electron chi connectivity index (χ2n) is 6.20. The predicted molar refractivity (Wildman–Crippen MR) is 78.1 cm³/mol.